The lowest BCUT2D eigenvalue weighted by Crippen LogP contribution is -2.42. The molecule has 3 N–H and O–H groups in total. The van der Waals surface area contributed by atoms with Gasteiger partial charge in [0.25, 0.3) is 0 Å². The molecule has 1 aromatic rings. The van der Waals surface area contributed by atoms with Gasteiger partial charge < -0.3 is 10.8 Å². The Kier molecular flexibility index (Phi) is 4.29. The standard InChI is InChI=1S/C11H19N3OS/c1-7-8(2)13-10(14-9(7)3)16-6-11(4,12)5-15/h15H,5-6,12H2,1-4H3. The number of hydrogen-bond acceptors (Lipinski definition) is 5. The van der Waals surface area contributed by atoms with Crippen LogP contribution in [0.4, 0.5) is 0 Å². The largest absolute Gasteiger partial charge is 0.394 e. The molecule has 1 heterocycles. The number of nitrogens with two attached hydrogens (primary N) is 1. The van der Waals surface area contributed by atoms with Crippen molar-refractivity contribution in [1.29, 1.82) is 0 Å². The molecule has 0 saturated heterocycles. The lowest BCUT2D eigenvalue weighted by molar-refractivity contribution is 0.224. The Hall–Kier alpha value is -0.650. The van der Waals surface area contributed by atoms with E-state index in [0.29, 0.717) is 5.75 Å². The van der Waals surface area contributed by atoms with Crippen molar-refractivity contribution in [2.45, 2.75) is 38.4 Å². The summed E-state index contributed by atoms with van der Waals surface area (Å²) >= 11 is 1.48. The van der Waals surface area contributed by atoms with Crippen LogP contribution in [-0.2, 0) is 0 Å². The van der Waals surface area contributed by atoms with Crippen LogP contribution >= 0.6 is 11.8 Å². The number of aliphatic hydroxyl groups is 1. The third kappa shape index (κ3) is 3.43. The second kappa shape index (κ2) is 5.12. The van der Waals surface area contributed by atoms with Crippen molar-refractivity contribution in [3.63, 3.8) is 0 Å². The van der Waals surface area contributed by atoms with Crippen molar-refractivity contribution >= 4 is 11.8 Å². The Morgan fingerprint density at radius 1 is 1.25 bits per heavy atom. The minimum absolute atomic E-state index is 0.0379. The summed E-state index contributed by atoms with van der Waals surface area (Å²) in [4.78, 5) is 8.77. The molecule has 1 atom stereocenters. The highest BCUT2D eigenvalue weighted by atomic mass is 32.2. The zero-order chi connectivity index (χ0) is 12.3. The first-order chi connectivity index (χ1) is 7.35. The number of aryl methyl sites for hydroxylation is 2. The van der Waals surface area contributed by atoms with Crippen molar-refractivity contribution in [2.75, 3.05) is 12.4 Å². The van der Waals surface area contributed by atoms with E-state index in [0.717, 1.165) is 22.1 Å². The highest BCUT2D eigenvalue weighted by Crippen LogP contribution is 2.20. The summed E-state index contributed by atoms with van der Waals surface area (Å²) in [7, 11) is 0. The van der Waals surface area contributed by atoms with Gasteiger partial charge in [-0.25, -0.2) is 9.97 Å². The van der Waals surface area contributed by atoms with Crippen molar-refractivity contribution in [3.8, 4) is 0 Å². The van der Waals surface area contributed by atoms with Crippen molar-refractivity contribution < 1.29 is 5.11 Å². The molecule has 1 aromatic heterocycles. The first-order valence-electron chi connectivity index (χ1n) is 5.20. The molecule has 0 fully saturated rings. The number of thioether (sulfide) groups is 1. The SMILES string of the molecule is Cc1nc(SCC(C)(N)CO)nc(C)c1C. The number of hydrogen-bond donors (Lipinski definition) is 2. The Labute approximate surface area is 101 Å². The van der Waals surface area contributed by atoms with Crippen LogP contribution < -0.4 is 5.73 Å². The fourth-order valence-electron chi connectivity index (χ4n) is 1.08. The molecule has 0 aliphatic carbocycles. The van der Waals surface area contributed by atoms with E-state index in [2.05, 4.69) is 9.97 Å². The molecule has 1 unspecified atom stereocenters. The average Bonchev–Trinajstić information content (AvgIpc) is 2.23. The summed E-state index contributed by atoms with van der Waals surface area (Å²) < 4.78 is 0. The predicted molar refractivity (Wildman–Crippen MR) is 66.6 cm³/mol. The van der Waals surface area contributed by atoms with Crippen LogP contribution in [0, 0.1) is 20.8 Å². The molecule has 16 heavy (non-hydrogen) atoms. The smallest absolute Gasteiger partial charge is 0.188 e. The van der Waals surface area contributed by atoms with Gasteiger partial charge in [0.05, 0.1) is 6.61 Å². The van der Waals surface area contributed by atoms with Crippen LogP contribution in [0.25, 0.3) is 0 Å². The third-order valence-corrected chi connectivity index (χ3v) is 3.75. The van der Waals surface area contributed by atoms with E-state index in [1.165, 1.54) is 11.8 Å². The summed E-state index contributed by atoms with van der Waals surface area (Å²) in [6.07, 6.45) is 0. The molecule has 0 aliphatic rings. The first kappa shape index (κ1) is 13.4. The number of nitrogens with zero attached hydrogens (tertiary/aromatic N) is 2. The fourth-order valence-corrected chi connectivity index (χ4v) is 2.03. The summed E-state index contributed by atoms with van der Waals surface area (Å²) in [6.45, 7) is 7.74. The molecular formula is C11H19N3OS. The molecule has 0 saturated carbocycles. The van der Waals surface area contributed by atoms with Crippen LogP contribution in [0.15, 0.2) is 5.16 Å². The average molecular weight is 241 g/mol. The molecular weight excluding hydrogens is 222 g/mol. The van der Waals surface area contributed by atoms with Gasteiger partial charge in [0.1, 0.15) is 0 Å². The second-order valence-electron chi connectivity index (χ2n) is 4.40. The Morgan fingerprint density at radius 2 is 1.75 bits per heavy atom. The zero-order valence-corrected chi connectivity index (χ0v) is 11.1. The van der Waals surface area contributed by atoms with E-state index >= 15 is 0 Å². The van der Waals surface area contributed by atoms with Gasteiger partial charge >= 0.3 is 0 Å². The first-order valence-corrected chi connectivity index (χ1v) is 6.18. The van der Waals surface area contributed by atoms with Crippen LogP contribution in [0.2, 0.25) is 0 Å². The van der Waals surface area contributed by atoms with Gasteiger partial charge in [-0.05, 0) is 33.3 Å². The molecule has 4 nitrogen and oxygen atoms in total. The van der Waals surface area contributed by atoms with Gasteiger partial charge in [-0.3, -0.25) is 0 Å². The second-order valence-corrected chi connectivity index (χ2v) is 5.35. The molecule has 0 amide bonds. The predicted octanol–water partition coefficient (Wildman–Crippen LogP) is 1.20. The highest BCUT2D eigenvalue weighted by Gasteiger charge is 2.18. The third-order valence-electron chi connectivity index (χ3n) is 2.50. The van der Waals surface area contributed by atoms with Crippen LogP contribution in [-0.4, -0.2) is 33.0 Å². The maximum Gasteiger partial charge on any atom is 0.188 e. The van der Waals surface area contributed by atoms with Gasteiger partial charge in [-0.2, -0.15) is 0 Å². The Bertz CT molecular complexity index is 356. The van der Waals surface area contributed by atoms with Crippen molar-refractivity contribution in [1.82, 2.24) is 9.97 Å². The number of aliphatic hydroxyl groups excluding tert-OH is 1. The number of rotatable bonds is 4. The topological polar surface area (TPSA) is 72.0 Å². The highest BCUT2D eigenvalue weighted by molar-refractivity contribution is 7.99. The van der Waals surface area contributed by atoms with Crippen molar-refractivity contribution in [3.05, 3.63) is 17.0 Å². The van der Waals surface area contributed by atoms with Gasteiger partial charge in [-0.1, -0.05) is 11.8 Å². The maximum atomic E-state index is 9.05. The summed E-state index contributed by atoms with van der Waals surface area (Å²) in [6, 6.07) is 0. The Balaban J connectivity index is 2.76. The molecule has 5 heteroatoms. The summed E-state index contributed by atoms with van der Waals surface area (Å²) in [5, 5.41) is 9.77. The van der Waals surface area contributed by atoms with E-state index < -0.39 is 5.54 Å². The minimum atomic E-state index is -0.583. The Morgan fingerprint density at radius 3 is 2.19 bits per heavy atom. The maximum absolute atomic E-state index is 9.05. The van der Waals surface area contributed by atoms with E-state index in [1.54, 1.807) is 0 Å². The quantitative estimate of drug-likeness (QED) is 0.612. The van der Waals surface area contributed by atoms with E-state index in [-0.39, 0.29) is 6.61 Å². The molecule has 90 valence electrons. The molecule has 1 rings (SSSR count). The molecule has 0 radical (unpaired) electrons. The normalized spacial score (nSPS) is 14.9. The van der Waals surface area contributed by atoms with Crippen molar-refractivity contribution in [2.24, 2.45) is 5.73 Å². The molecule has 0 aromatic carbocycles. The van der Waals surface area contributed by atoms with Crippen LogP contribution in [0.5, 0.6) is 0 Å². The van der Waals surface area contributed by atoms with E-state index in [1.807, 2.05) is 27.7 Å². The van der Waals surface area contributed by atoms with E-state index in [4.69, 9.17) is 10.8 Å². The van der Waals surface area contributed by atoms with Gasteiger partial charge in [0.2, 0.25) is 0 Å². The molecule has 0 bridgehead atoms. The fraction of sp³-hybridized carbons (Fsp3) is 0.636. The molecule has 0 spiro atoms. The van der Waals surface area contributed by atoms with Crippen LogP contribution in [0.3, 0.4) is 0 Å². The summed E-state index contributed by atoms with van der Waals surface area (Å²) in [5.74, 6) is 0.603. The van der Waals surface area contributed by atoms with Gasteiger partial charge in [0, 0.05) is 22.7 Å². The lowest BCUT2D eigenvalue weighted by atomic mass is 10.1. The molecule has 0 aliphatic heterocycles. The van der Waals surface area contributed by atoms with Gasteiger partial charge in [0.15, 0.2) is 5.16 Å². The minimum Gasteiger partial charge on any atom is -0.394 e. The number of aromatic nitrogens is 2. The van der Waals surface area contributed by atoms with Gasteiger partial charge in [-0.15, -0.1) is 0 Å². The van der Waals surface area contributed by atoms with Crippen LogP contribution in [0.1, 0.15) is 23.9 Å². The lowest BCUT2D eigenvalue weighted by Gasteiger charge is -2.20. The monoisotopic (exact) mass is 241 g/mol. The zero-order valence-electron chi connectivity index (χ0n) is 10.2. The van der Waals surface area contributed by atoms with E-state index in [9.17, 15) is 0 Å². The summed E-state index contributed by atoms with van der Waals surface area (Å²) in [5.41, 5.74) is 8.38.